The molecule has 0 fully saturated rings. The van der Waals surface area contributed by atoms with Crippen molar-refractivity contribution in [2.75, 3.05) is 0 Å². The molecule has 0 aliphatic rings. The lowest BCUT2D eigenvalue weighted by Gasteiger charge is -2.00. The minimum absolute atomic E-state index is 0.252. The van der Waals surface area contributed by atoms with Crippen molar-refractivity contribution in [1.82, 2.24) is 0 Å². The van der Waals surface area contributed by atoms with Gasteiger partial charge in [0.05, 0.1) is 9.95 Å². The molecule has 0 amide bonds. The average molecular weight is 263 g/mol. The van der Waals surface area contributed by atoms with Crippen LogP contribution in [0.15, 0.2) is 27.6 Å². The summed E-state index contributed by atoms with van der Waals surface area (Å²) in [6.45, 7) is 0. The molecule has 8 nitrogen and oxygen atoms in total. The lowest BCUT2D eigenvalue weighted by molar-refractivity contribution is -0.385. The van der Waals surface area contributed by atoms with Gasteiger partial charge in [0, 0.05) is 21.6 Å². The second-order valence-electron chi connectivity index (χ2n) is 2.52. The third-order valence-electron chi connectivity index (χ3n) is 1.55. The molecule has 10 heteroatoms. The largest absolute Gasteiger partial charge is 0.270 e. The number of nitro benzene ring substituents is 1. The fourth-order valence-electron chi connectivity index (χ4n) is 0.895. The molecule has 0 saturated heterocycles. The highest BCUT2D eigenvalue weighted by Crippen LogP contribution is 2.27. The van der Waals surface area contributed by atoms with E-state index in [1.165, 1.54) is 0 Å². The lowest BCUT2D eigenvalue weighted by Crippen LogP contribution is -1.98. The van der Waals surface area contributed by atoms with Crippen LogP contribution in [0.5, 0.6) is 0 Å². The molecule has 0 unspecified atom stereocenters. The van der Waals surface area contributed by atoms with Crippen molar-refractivity contribution in [1.29, 1.82) is 0 Å². The Kier molecular flexibility index (Phi) is 3.33. The first-order valence-corrected chi connectivity index (χ1v) is 5.45. The van der Waals surface area contributed by atoms with Gasteiger partial charge in [-0.05, 0) is 11.6 Å². The van der Waals surface area contributed by atoms with Crippen molar-refractivity contribution in [3.63, 3.8) is 0 Å². The highest BCUT2D eigenvalue weighted by molar-refractivity contribution is 7.90. The van der Waals surface area contributed by atoms with Crippen molar-refractivity contribution >= 4 is 27.3 Å². The fraction of sp³-hybridized carbons (Fsp3) is 0. The van der Waals surface area contributed by atoms with Gasteiger partial charge in [-0.1, -0.05) is 11.6 Å². The number of non-ortho nitro benzene ring substituents is 1. The molecule has 0 radical (unpaired) electrons. The van der Waals surface area contributed by atoms with Gasteiger partial charge in [-0.2, -0.15) is 0 Å². The Bertz CT molecular complexity index is 593. The van der Waals surface area contributed by atoms with E-state index in [9.17, 15) is 18.5 Å². The maximum Gasteiger partial charge on any atom is 0.270 e. The first kappa shape index (κ1) is 12.2. The predicted octanol–water partition coefficient (Wildman–Crippen LogP) is 2.25. The minimum atomic E-state index is -4.33. The van der Waals surface area contributed by atoms with Crippen molar-refractivity contribution < 1.29 is 13.3 Å². The average Bonchev–Trinajstić information content (AvgIpc) is 2.17. The molecule has 16 heavy (non-hydrogen) atoms. The minimum Gasteiger partial charge on any atom is -0.258 e. The van der Waals surface area contributed by atoms with Crippen molar-refractivity contribution in [2.24, 2.45) is 4.52 Å². The van der Waals surface area contributed by atoms with Crippen molar-refractivity contribution in [3.8, 4) is 0 Å². The van der Waals surface area contributed by atoms with Crippen LogP contribution in [0.25, 0.3) is 10.4 Å². The molecule has 0 aliphatic heterocycles. The van der Waals surface area contributed by atoms with Gasteiger partial charge in [0.15, 0.2) is 0 Å². The Morgan fingerprint density at radius 2 is 2.12 bits per heavy atom. The summed E-state index contributed by atoms with van der Waals surface area (Å²) in [6.07, 6.45) is 0. The molecule has 1 rings (SSSR count). The number of nitrogens with zero attached hydrogens (tertiary/aromatic N) is 4. The van der Waals surface area contributed by atoms with Crippen molar-refractivity contribution in [3.05, 3.63) is 43.8 Å². The van der Waals surface area contributed by atoms with Crippen LogP contribution in [0.3, 0.4) is 0 Å². The van der Waals surface area contributed by atoms with Crippen LogP contribution in [0.2, 0.25) is 5.02 Å². The zero-order chi connectivity index (χ0) is 12.3. The molecule has 0 bridgehead atoms. The third kappa shape index (κ3) is 2.40. The molecule has 1 aromatic carbocycles. The Hall–Kier alpha value is -1.83. The van der Waals surface area contributed by atoms with Gasteiger partial charge in [-0.15, -0.1) is 0 Å². The van der Waals surface area contributed by atoms with E-state index in [1.807, 2.05) is 0 Å². The van der Waals surface area contributed by atoms with Crippen LogP contribution >= 0.6 is 11.6 Å². The summed E-state index contributed by atoms with van der Waals surface area (Å²) in [7, 11) is -4.33. The van der Waals surface area contributed by atoms with Gasteiger partial charge < -0.3 is 0 Å². The molecule has 0 aliphatic carbocycles. The van der Waals surface area contributed by atoms with E-state index in [4.69, 9.17) is 17.1 Å². The Labute approximate surface area is 94.3 Å². The van der Waals surface area contributed by atoms with E-state index in [-0.39, 0.29) is 5.02 Å². The zero-order valence-electron chi connectivity index (χ0n) is 7.44. The van der Waals surface area contributed by atoms with Gasteiger partial charge in [0.25, 0.3) is 15.7 Å². The molecule has 84 valence electrons. The highest BCUT2D eigenvalue weighted by Gasteiger charge is 2.20. The first-order chi connectivity index (χ1) is 7.38. The molecule has 0 saturated carbocycles. The summed E-state index contributed by atoms with van der Waals surface area (Å²) in [6, 6.07) is 2.81. The van der Waals surface area contributed by atoms with Crippen LogP contribution in [-0.4, -0.2) is 13.3 Å². The van der Waals surface area contributed by atoms with E-state index in [0.29, 0.717) is 0 Å². The monoisotopic (exact) mass is 262 g/mol. The lowest BCUT2D eigenvalue weighted by atomic mass is 10.3. The standard InChI is InChI=1S/C6H3ClN4O4S/c7-5-2-1-4(11(12)13)3-6(5)16(14,15)10-9-8/h1-3H. The van der Waals surface area contributed by atoms with Crippen LogP contribution in [0.1, 0.15) is 0 Å². The molecule has 0 spiro atoms. The summed E-state index contributed by atoms with van der Waals surface area (Å²) in [5, 5.41) is 10.2. The number of hydrogen-bond acceptors (Lipinski definition) is 4. The number of nitro groups is 1. The smallest absolute Gasteiger partial charge is 0.258 e. The maximum atomic E-state index is 11.3. The quantitative estimate of drug-likeness (QED) is 0.272. The van der Waals surface area contributed by atoms with Gasteiger partial charge >= 0.3 is 0 Å². The number of rotatable bonds is 3. The zero-order valence-corrected chi connectivity index (χ0v) is 9.01. The second-order valence-corrected chi connectivity index (χ2v) is 4.48. The van der Waals surface area contributed by atoms with Gasteiger partial charge in [-0.25, -0.2) is 8.42 Å². The number of azide groups is 1. The second kappa shape index (κ2) is 4.35. The summed E-state index contributed by atoms with van der Waals surface area (Å²) in [5.74, 6) is 0. The Morgan fingerprint density at radius 1 is 1.50 bits per heavy atom. The molecule has 0 atom stereocenters. The molecule has 0 aromatic heterocycles. The van der Waals surface area contributed by atoms with Crippen LogP contribution in [0.4, 0.5) is 5.69 Å². The summed E-state index contributed by atoms with van der Waals surface area (Å²) in [5.41, 5.74) is 7.57. The Morgan fingerprint density at radius 3 is 2.62 bits per heavy atom. The van der Waals surface area contributed by atoms with E-state index in [2.05, 4.69) is 9.43 Å². The molecular weight excluding hydrogens is 260 g/mol. The normalized spacial score (nSPS) is 10.6. The molecular formula is C6H3ClN4O4S. The van der Waals surface area contributed by atoms with E-state index >= 15 is 0 Å². The molecule has 0 N–H and O–H groups in total. The SMILES string of the molecule is [N-]=[N+]=NS(=O)(=O)c1cc([N+](=O)[O-])ccc1Cl. The van der Waals surface area contributed by atoms with Crippen molar-refractivity contribution in [2.45, 2.75) is 4.90 Å². The van der Waals surface area contributed by atoms with E-state index in [1.54, 1.807) is 0 Å². The summed E-state index contributed by atoms with van der Waals surface area (Å²) < 4.78 is 25.1. The number of halogens is 1. The summed E-state index contributed by atoms with van der Waals surface area (Å²) >= 11 is 5.54. The maximum absolute atomic E-state index is 11.3. The number of sulfonamides is 1. The Balaban J connectivity index is 3.50. The third-order valence-corrected chi connectivity index (χ3v) is 3.17. The fourth-order valence-corrected chi connectivity index (χ4v) is 2.07. The van der Waals surface area contributed by atoms with E-state index in [0.717, 1.165) is 18.2 Å². The number of hydrogen-bond donors (Lipinski definition) is 0. The topological polar surface area (TPSA) is 126 Å². The van der Waals surface area contributed by atoms with Crippen LogP contribution < -0.4 is 0 Å². The first-order valence-electron chi connectivity index (χ1n) is 3.64. The van der Waals surface area contributed by atoms with Gasteiger partial charge in [0.2, 0.25) is 0 Å². The summed E-state index contributed by atoms with van der Waals surface area (Å²) in [4.78, 5) is 11.1. The predicted molar refractivity (Wildman–Crippen MR) is 54.4 cm³/mol. The van der Waals surface area contributed by atoms with Gasteiger partial charge in [0.1, 0.15) is 4.90 Å². The molecule has 0 heterocycles. The van der Waals surface area contributed by atoms with Crippen LogP contribution in [-0.2, 0) is 10.0 Å². The number of benzene rings is 1. The van der Waals surface area contributed by atoms with Gasteiger partial charge in [-0.3, -0.25) is 10.1 Å². The molecule has 1 aromatic rings. The van der Waals surface area contributed by atoms with Crippen LogP contribution in [0, 0.1) is 10.1 Å². The highest BCUT2D eigenvalue weighted by atomic mass is 35.5. The van der Waals surface area contributed by atoms with E-state index < -0.39 is 25.5 Å².